The van der Waals surface area contributed by atoms with Crippen molar-refractivity contribution in [2.45, 2.75) is 13.2 Å². The van der Waals surface area contributed by atoms with Crippen molar-refractivity contribution in [1.82, 2.24) is 0 Å². The van der Waals surface area contributed by atoms with Crippen molar-refractivity contribution < 1.29 is 14.3 Å². The number of carbonyl (C=O) groups excluding carboxylic acids is 1. The van der Waals surface area contributed by atoms with Gasteiger partial charge in [-0.25, -0.2) is 0 Å². The fourth-order valence-electron chi connectivity index (χ4n) is 0.327. The average molecular weight is 150 g/mol. The zero-order valence-corrected chi connectivity index (χ0v) is 5.09. The van der Waals surface area contributed by atoms with Gasteiger partial charge in [-0.1, -0.05) is 0 Å². The van der Waals surface area contributed by atoms with E-state index in [4.69, 9.17) is 4.74 Å². The van der Waals surface area contributed by atoms with E-state index in [2.05, 4.69) is 4.74 Å². The van der Waals surface area contributed by atoms with E-state index in [1.165, 1.54) is 7.11 Å². The molecule has 0 fully saturated rings. The highest BCUT2D eigenvalue weighted by atomic mass is 28.1. The van der Waals surface area contributed by atoms with E-state index in [0.29, 0.717) is 12.9 Å². The number of carbonyl (C=O) groups is 1. The molecular weight excluding hydrogens is 136 g/mol. The van der Waals surface area contributed by atoms with Crippen LogP contribution in [0.2, 0.25) is 0 Å². The molecule has 0 radical (unpaired) electrons. The summed E-state index contributed by atoms with van der Waals surface area (Å²) in [7, 11) is 1.43. The van der Waals surface area contributed by atoms with E-state index in [1.807, 2.05) is 0 Å². The Morgan fingerprint density at radius 3 is 2.33 bits per heavy atom. The predicted molar refractivity (Wildman–Crippen MR) is 39.8 cm³/mol. The third-order valence-electron chi connectivity index (χ3n) is 0.674. The summed E-state index contributed by atoms with van der Waals surface area (Å²) in [5.74, 6) is 0. The number of methoxy groups -OCH3 is 1. The zero-order valence-electron chi connectivity index (χ0n) is 5.09. The number of aldehydes is 1. The van der Waals surface area contributed by atoms with Crippen LogP contribution in [0.1, 0.15) is 6.92 Å². The van der Waals surface area contributed by atoms with E-state index in [0.717, 1.165) is 0 Å². The predicted octanol–water partition coefficient (Wildman–Crippen LogP) is -1.26. The normalized spacial score (nSPS) is 11.8. The molecule has 0 aliphatic carbocycles. The first-order chi connectivity index (χ1) is 3.85. The SMILES string of the molecule is CCOC(C=O)OC.[SiH4]. The Balaban J connectivity index is 0. The van der Waals surface area contributed by atoms with E-state index in [-0.39, 0.29) is 11.0 Å². The largest absolute Gasteiger partial charge is 0.350 e. The summed E-state index contributed by atoms with van der Waals surface area (Å²) >= 11 is 0. The van der Waals surface area contributed by atoms with Crippen LogP contribution in [-0.4, -0.2) is 37.3 Å². The van der Waals surface area contributed by atoms with Crippen molar-refractivity contribution in [3.05, 3.63) is 0 Å². The van der Waals surface area contributed by atoms with E-state index in [9.17, 15) is 4.79 Å². The monoisotopic (exact) mass is 150 g/mol. The second-order valence-corrected chi connectivity index (χ2v) is 1.20. The topological polar surface area (TPSA) is 35.5 Å². The van der Waals surface area contributed by atoms with Crippen LogP contribution in [-0.2, 0) is 14.3 Å². The zero-order chi connectivity index (χ0) is 6.41. The van der Waals surface area contributed by atoms with Crippen LogP contribution in [0, 0.1) is 0 Å². The lowest BCUT2D eigenvalue weighted by Gasteiger charge is -2.05. The van der Waals surface area contributed by atoms with Crippen LogP contribution in [0.3, 0.4) is 0 Å². The maximum atomic E-state index is 9.88. The van der Waals surface area contributed by atoms with Gasteiger partial charge in [-0.2, -0.15) is 0 Å². The maximum Gasteiger partial charge on any atom is 0.214 e. The van der Waals surface area contributed by atoms with Gasteiger partial charge in [-0.15, -0.1) is 0 Å². The number of rotatable bonds is 4. The van der Waals surface area contributed by atoms with Gasteiger partial charge >= 0.3 is 0 Å². The van der Waals surface area contributed by atoms with Crippen LogP contribution in [0.4, 0.5) is 0 Å². The van der Waals surface area contributed by atoms with Gasteiger partial charge in [0.15, 0.2) is 6.29 Å². The second kappa shape index (κ2) is 7.81. The average Bonchev–Trinajstić information content (AvgIpc) is 1.83. The Hall–Kier alpha value is -0.193. The molecule has 0 saturated carbocycles. The second-order valence-electron chi connectivity index (χ2n) is 1.20. The molecule has 0 heterocycles. The summed E-state index contributed by atoms with van der Waals surface area (Å²) in [6.45, 7) is 2.30. The van der Waals surface area contributed by atoms with Crippen LogP contribution in [0.15, 0.2) is 0 Å². The van der Waals surface area contributed by atoms with Crippen molar-refractivity contribution >= 4 is 17.3 Å². The van der Waals surface area contributed by atoms with Crippen molar-refractivity contribution in [2.24, 2.45) is 0 Å². The molecule has 0 bridgehead atoms. The van der Waals surface area contributed by atoms with Crippen molar-refractivity contribution in [3.63, 3.8) is 0 Å². The number of ether oxygens (including phenoxy) is 2. The molecule has 1 unspecified atom stereocenters. The molecule has 0 aromatic heterocycles. The van der Waals surface area contributed by atoms with Gasteiger partial charge in [-0.05, 0) is 17.9 Å². The third-order valence-corrected chi connectivity index (χ3v) is 0.674. The van der Waals surface area contributed by atoms with Crippen molar-refractivity contribution in [1.29, 1.82) is 0 Å². The quantitative estimate of drug-likeness (QED) is 0.285. The fourth-order valence-corrected chi connectivity index (χ4v) is 0.327. The first-order valence-corrected chi connectivity index (χ1v) is 2.44. The molecule has 9 heavy (non-hydrogen) atoms. The van der Waals surface area contributed by atoms with Gasteiger partial charge in [0.05, 0.1) is 0 Å². The summed E-state index contributed by atoms with van der Waals surface area (Å²) < 4.78 is 9.30. The van der Waals surface area contributed by atoms with Crippen LogP contribution >= 0.6 is 0 Å². The lowest BCUT2D eigenvalue weighted by atomic mass is 10.7. The maximum absolute atomic E-state index is 9.88. The molecule has 0 spiro atoms. The summed E-state index contributed by atoms with van der Waals surface area (Å²) in [5.41, 5.74) is 0. The lowest BCUT2D eigenvalue weighted by Crippen LogP contribution is -2.15. The molecular formula is C5H14O3Si. The molecule has 1 atom stereocenters. The molecule has 0 aliphatic heterocycles. The Kier molecular flexibility index (Phi) is 10.0. The lowest BCUT2D eigenvalue weighted by molar-refractivity contribution is -0.148. The van der Waals surface area contributed by atoms with Crippen LogP contribution in [0.5, 0.6) is 0 Å². The minimum absolute atomic E-state index is 0. The standard InChI is InChI=1S/C5H10O3.H4Si/c1-3-8-5(4-6)7-2;/h4-5H,3H2,1-2H3;1H4. The smallest absolute Gasteiger partial charge is 0.214 e. The van der Waals surface area contributed by atoms with Gasteiger partial charge in [0, 0.05) is 13.7 Å². The Morgan fingerprint density at radius 1 is 1.67 bits per heavy atom. The summed E-state index contributed by atoms with van der Waals surface area (Å²) in [6, 6.07) is 0. The first-order valence-electron chi connectivity index (χ1n) is 2.44. The molecule has 0 aliphatic rings. The minimum atomic E-state index is -0.681. The van der Waals surface area contributed by atoms with Gasteiger partial charge in [0.2, 0.25) is 6.29 Å². The Labute approximate surface area is 59.4 Å². The third kappa shape index (κ3) is 5.68. The minimum Gasteiger partial charge on any atom is -0.350 e. The van der Waals surface area contributed by atoms with Gasteiger partial charge in [-0.3, -0.25) is 4.79 Å². The summed E-state index contributed by atoms with van der Waals surface area (Å²) in [4.78, 5) is 9.88. The number of hydrogen-bond donors (Lipinski definition) is 0. The van der Waals surface area contributed by atoms with E-state index < -0.39 is 6.29 Å². The van der Waals surface area contributed by atoms with Crippen LogP contribution in [0.25, 0.3) is 0 Å². The van der Waals surface area contributed by atoms with Crippen molar-refractivity contribution in [3.8, 4) is 0 Å². The van der Waals surface area contributed by atoms with E-state index in [1.54, 1.807) is 6.92 Å². The highest BCUT2D eigenvalue weighted by molar-refractivity contribution is 5.75. The molecule has 4 heteroatoms. The Morgan fingerprint density at radius 2 is 2.22 bits per heavy atom. The highest BCUT2D eigenvalue weighted by Gasteiger charge is 2.00. The molecule has 0 amide bonds. The van der Waals surface area contributed by atoms with Gasteiger partial charge < -0.3 is 9.47 Å². The highest BCUT2D eigenvalue weighted by Crippen LogP contribution is 1.85. The molecule has 56 valence electrons. The summed E-state index contributed by atoms with van der Waals surface area (Å²) in [5, 5.41) is 0. The Bertz CT molecular complexity index is 67.2. The first kappa shape index (κ1) is 11.6. The molecule has 0 aromatic carbocycles. The summed E-state index contributed by atoms with van der Waals surface area (Å²) in [6.07, 6.45) is -0.0660. The van der Waals surface area contributed by atoms with Crippen molar-refractivity contribution in [2.75, 3.05) is 13.7 Å². The molecule has 0 saturated heterocycles. The molecule has 3 nitrogen and oxygen atoms in total. The molecule has 0 aromatic rings. The van der Waals surface area contributed by atoms with Crippen LogP contribution < -0.4 is 0 Å². The molecule has 0 N–H and O–H groups in total. The number of hydrogen-bond acceptors (Lipinski definition) is 3. The fraction of sp³-hybridized carbons (Fsp3) is 0.800. The van der Waals surface area contributed by atoms with E-state index >= 15 is 0 Å². The van der Waals surface area contributed by atoms with Gasteiger partial charge in [0.25, 0.3) is 0 Å². The van der Waals surface area contributed by atoms with Gasteiger partial charge in [0.1, 0.15) is 0 Å². The molecule has 0 rings (SSSR count).